The average Bonchev–Trinajstić information content (AvgIpc) is 2.80. The second kappa shape index (κ2) is 10.1. The Morgan fingerprint density at radius 2 is 1.47 bits per heavy atom. The lowest BCUT2D eigenvalue weighted by atomic mass is 9.78. The number of fused-ring (bicyclic) bond motifs is 1. The molecule has 30 heavy (non-hydrogen) atoms. The average molecular weight is 397 g/mol. The van der Waals surface area contributed by atoms with Crippen LogP contribution in [0.4, 0.5) is 0 Å². The summed E-state index contributed by atoms with van der Waals surface area (Å²) in [7, 11) is 0. The molecule has 0 spiro atoms. The Morgan fingerprint density at radius 3 is 2.20 bits per heavy atom. The van der Waals surface area contributed by atoms with Crippen molar-refractivity contribution in [3.05, 3.63) is 83.9 Å². The van der Waals surface area contributed by atoms with Gasteiger partial charge in [-0.1, -0.05) is 86.5 Å². The highest BCUT2D eigenvalue weighted by atomic mass is 14.3. The van der Waals surface area contributed by atoms with E-state index in [4.69, 9.17) is 0 Å². The number of hydrogen-bond donors (Lipinski definition) is 0. The van der Waals surface area contributed by atoms with Gasteiger partial charge in [-0.25, -0.2) is 0 Å². The van der Waals surface area contributed by atoms with Crippen molar-refractivity contribution in [2.24, 2.45) is 5.92 Å². The first-order chi connectivity index (χ1) is 14.8. The van der Waals surface area contributed by atoms with Crippen LogP contribution in [0.2, 0.25) is 0 Å². The van der Waals surface area contributed by atoms with E-state index in [0.717, 1.165) is 11.8 Å². The van der Waals surface area contributed by atoms with E-state index in [1.165, 1.54) is 84.4 Å². The number of hydrogen-bond acceptors (Lipinski definition) is 0. The zero-order valence-corrected chi connectivity index (χ0v) is 18.7. The molecule has 0 aliphatic heterocycles. The number of rotatable bonds is 7. The SMILES string of the molecule is C/C=C/C1CCC(c2ccc(-c3ccc4cc(CCCCC)ccc4c3)cc2)CC1. The molecule has 0 nitrogen and oxygen atoms in total. The molecule has 1 aliphatic carbocycles. The van der Waals surface area contributed by atoms with Gasteiger partial charge in [-0.05, 0) is 96.4 Å². The topological polar surface area (TPSA) is 0 Å². The molecule has 0 amide bonds. The minimum Gasteiger partial charge on any atom is -0.0914 e. The minimum absolute atomic E-state index is 0.739. The van der Waals surface area contributed by atoms with Crippen LogP contribution in [0, 0.1) is 5.92 Å². The van der Waals surface area contributed by atoms with Crippen LogP contribution in [-0.4, -0.2) is 0 Å². The third kappa shape index (κ3) is 5.04. The van der Waals surface area contributed by atoms with Crippen molar-refractivity contribution in [1.29, 1.82) is 0 Å². The highest BCUT2D eigenvalue weighted by molar-refractivity contribution is 5.87. The van der Waals surface area contributed by atoms with Crippen molar-refractivity contribution in [2.45, 2.75) is 71.1 Å². The molecule has 0 heteroatoms. The van der Waals surface area contributed by atoms with Crippen molar-refractivity contribution in [3.63, 3.8) is 0 Å². The summed E-state index contributed by atoms with van der Waals surface area (Å²) in [6, 6.07) is 23.3. The van der Waals surface area contributed by atoms with Crippen LogP contribution >= 0.6 is 0 Å². The molecule has 0 saturated heterocycles. The fourth-order valence-electron chi connectivity index (χ4n) is 5.07. The van der Waals surface area contributed by atoms with Crippen LogP contribution in [0.25, 0.3) is 21.9 Å². The van der Waals surface area contributed by atoms with Gasteiger partial charge in [0.15, 0.2) is 0 Å². The molecule has 3 aromatic carbocycles. The number of unbranched alkanes of at least 4 members (excludes halogenated alkanes) is 2. The Balaban J connectivity index is 1.45. The van der Waals surface area contributed by atoms with Gasteiger partial charge < -0.3 is 0 Å². The molecule has 1 aliphatic rings. The summed E-state index contributed by atoms with van der Waals surface area (Å²) in [5, 5.41) is 2.71. The Bertz CT molecular complexity index is 969. The maximum absolute atomic E-state index is 2.40. The van der Waals surface area contributed by atoms with E-state index in [2.05, 4.69) is 86.7 Å². The van der Waals surface area contributed by atoms with Crippen LogP contribution < -0.4 is 0 Å². The van der Waals surface area contributed by atoms with Gasteiger partial charge in [0.25, 0.3) is 0 Å². The quantitative estimate of drug-likeness (QED) is 0.276. The van der Waals surface area contributed by atoms with Gasteiger partial charge >= 0.3 is 0 Å². The van der Waals surface area contributed by atoms with E-state index in [1.807, 2.05) is 0 Å². The molecule has 3 aromatic rings. The van der Waals surface area contributed by atoms with E-state index < -0.39 is 0 Å². The molecule has 0 bridgehead atoms. The molecule has 0 unspecified atom stereocenters. The summed E-state index contributed by atoms with van der Waals surface area (Å²) in [6.07, 6.45) is 15.0. The van der Waals surface area contributed by atoms with Crippen molar-refractivity contribution < 1.29 is 0 Å². The van der Waals surface area contributed by atoms with Gasteiger partial charge in [-0.3, -0.25) is 0 Å². The minimum atomic E-state index is 0.739. The van der Waals surface area contributed by atoms with Gasteiger partial charge in [0.2, 0.25) is 0 Å². The highest BCUT2D eigenvalue weighted by Gasteiger charge is 2.20. The third-order valence-corrected chi connectivity index (χ3v) is 6.93. The van der Waals surface area contributed by atoms with E-state index in [1.54, 1.807) is 0 Å². The van der Waals surface area contributed by atoms with Crippen LogP contribution in [0.3, 0.4) is 0 Å². The van der Waals surface area contributed by atoms with Gasteiger partial charge in [-0.2, -0.15) is 0 Å². The third-order valence-electron chi connectivity index (χ3n) is 6.93. The lowest BCUT2D eigenvalue weighted by Crippen LogP contribution is -2.11. The molecule has 4 rings (SSSR count). The van der Waals surface area contributed by atoms with Crippen LogP contribution in [-0.2, 0) is 6.42 Å². The lowest BCUT2D eigenvalue weighted by Gasteiger charge is -2.27. The highest BCUT2D eigenvalue weighted by Crippen LogP contribution is 2.37. The van der Waals surface area contributed by atoms with Crippen LogP contribution in [0.1, 0.15) is 75.8 Å². The van der Waals surface area contributed by atoms with Gasteiger partial charge in [0.1, 0.15) is 0 Å². The summed E-state index contributed by atoms with van der Waals surface area (Å²) < 4.78 is 0. The maximum Gasteiger partial charge on any atom is -0.0162 e. The van der Waals surface area contributed by atoms with Gasteiger partial charge in [0, 0.05) is 0 Å². The molecule has 1 saturated carbocycles. The Labute approximate surface area is 183 Å². The maximum atomic E-state index is 2.40. The first-order valence-corrected chi connectivity index (χ1v) is 12.0. The molecule has 0 atom stereocenters. The first kappa shape index (κ1) is 20.9. The Hall–Kier alpha value is -2.34. The van der Waals surface area contributed by atoms with Crippen molar-refractivity contribution in [3.8, 4) is 11.1 Å². The lowest BCUT2D eigenvalue weighted by molar-refractivity contribution is 0.376. The first-order valence-electron chi connectivity index (χ1n) is 12.0. The molecule has 0 aromatic heterocycles. The van der Waals surface area contributed by atoms with Crippen LogP contribution in [0.5, 0.6) is 0 Å². The number of benzene rings is 3. The zero-order chi connectivity index (χ0) is 20.8. The molecular formula is C30H36. The fraction of sp³-hybridized carbons (Fsp3) is 0.400. The Kier molecular flexibility index (Phi) is 7.05. The summed E-state index contributed by atoms with van der Waals surface area (Å²) in [6.45, 7) is 4.41. The van der Waals surface area contributed by atoms with E-state index in [-0.39, 0.29) is 0 Å². The van der Waals surface area contributed by atoms with E-state index in [0.29, 0.717) is 0 Å². The second-order valence-corrected chi connectivity index (χ2v) is 9.11. The van der Waals surface area contributed by atoms with Crippen molar-refractivity contribution in [2.75, 3.05) is 0 Å². The van der Waals surface area contributed by atoms with Crippen molar-refractivity contribution in [1.82, 2.24) is 0 Å². The number of allylic oxidation sites excluding steroid dienone is 2. The normalized spacial score (nSPS) is 19.5. The van der Waals surface area contributed by atoms with Gasteiger partial charge in [-0.15, -0.1) is 0 Å². The number of aryl methyl sites for hydroxylation is 1. The molecule has 156 valence electrons. The smallest absolute Gasteiger partial charge is 0.0162 e. The fourth-order valence-corrected chi connectivity index (χ4v) is 5.07. The Morgan fingerprint density at radius 1 is 0.767 bits per heavy atom. The summed E-state index contributed by atoms with van der Waals surface area (Å²) in [4.78, 5) is 0. The molecule has 0 heterocycles. The molecular weight excluding hydrogens is 360 g/mol. The molecule has 0 N–H and O–H groups in total. The van der Waals surface area contributed by atoms with Crippen LogP contribution in [0.15, 0.2) is 72.8 Å². The van der Waals surface area contributed by atoms with E-state index >= 15 is 0 Å². The predicted octanol–water partition coefficient (Wildman–Crippen LogP) is 9.09. The summed E-state index contributed by atoms with van der Waals surface area (Å²) in [5.41, 5.74) is 5.65. The second-order valence-electron chi connectivity index (χ2n) is 9.11. The van der Waals surface area contributed by atoms with Crippen molar-refractivity contribution >= 4 is 10.8 Å². The molecule has 0 radical (unpaired) electrons. The van der Waals surface area contributed by atoms with E-state index in [9.17, 15) is 0 Å². The zero-order valence-electron chi connectivity index (χ0n) is 18.7. The summed E-state index contributed by atoms with van der Waals surface area (Å²) >= 11 is 0. The van der Waals surface area contributed by atoms with Gasteiger partial charge in [0.05, 0.1) is 0 Å². The predicted molar refractivity (Wildman–Crippen MR) is 132 cm³/mol. The largest absolute Gasteiger partial charge is 0.0914 e. The monoisotopic (exact) mass is 396 g/mol. The summed E-state index contributed by atoms with van der Waals surface area (Å²) in [5.74, 6) is 1.54. The molecule has 1 fully saturated rings. The standard InChI is InChI=1S/C30H36/c1-3-5-6-8-24-11-14-30-22-29(20-19-28(30)21-24)27-17-15-26(16-18-27)25-12-9-23(7-4-2)10-13-25/h4,7,11,14-23,25H,3,5-6,8-10,12-13H2,1-2H3/b7-4+.